The Kier molecular flexibility index (Phi) is 19.5. The van der Waals surface area contributed by atoms with Crippen molar-refractivity contribution in [3.05, 3.63) is 18.7 Å². The summed E-state index contributed by atoms with van der Waals surface area (Å²) in [5, 5.41) is 0. The van der Waals surface area contributed by atoms with Gasteiger partial charge in [-0.15, -0.1) is 0 Å². The third-order valence-corrected chi connectivity index (χ3v) is 2.20. The van der Waals surface area contributed by atoms with Gasteiger partial charge in [-0.2, -0.15) is 16.8 Å². The van der Waals surface area contributed by atoms with E-state index in [2.05, 4.69) is 4.98 Å². The van der Waals surface area contributed by atoms with Crippen molar-refractivity contribution in [3.8, 4) is 0 Å². The Morgan fingerprint density at radius 2 is 1.52 bits per heavy atom. The Labute approximate surface area is 152 Å². The van der Waals surface area contributed by atoms with Gasteiger partial charge in [0.2, 0.25) is 0 Å². The third kappa shape index (κ3) is 60.7. The van der Waals surface area contributed by atoms with Crippen LogP contribution in [0, 0.1) is 0 Å². The van der Waals surface area contributed by atoms with Crippen LogP contribution in [-0.4, -0.2) is 45.8 Å². The van der Waals surface area contributed by atoms with Crippen molar-refractivity contribution < 1.29 is 41.7 Å². The number of aryl methyl sites for hydroxylation is 1. The average Bonchev–Trinajstić information content (AvgIpc) is 2.74. The van der Waals surface area contributed by atoms with E-state index in [1.807, 2.05) is 24.7 Å². The van der Waals surface area contributed by atoms with Crippen LogP contribution in [-0.2, 0) is 38.7 Å². The molecule has 0 atom stereocenters. The Balaban J connectivity index is -0.000000240. The van der Waals surface area contributed by atoms with Crippen molar-refractivity contribution in [2.24, 2.45) is 7.05 Å². The minimum atomic E-state index is -4.67. The number of imidazole rings is 1. The zero-order chi connectivity index (χ0) is 19.1. The van der Waals surface area contributed by atoms with Crippen LogP contribution in [0.15, 0.2) is 18.7 Å². The van der Waals surface area contributed by atoms with E-state index in [-0.39, 0.29) is 5.75 Å². The molecule has 0 amide bonds. The summed E-state index contributed by atoms with van der Waals surface area (Å²) in [4.78, 5) is 3.78. The minimum absolute atomic E-state index is 0.108. The third-order valence-electron chi connectivity index (χ3n) is 1.39. The molecule has 0 aromatic carbocycles. The van der Waals surface area contributed by atoms with Crippen molar-refractivity contribution >= 4 is 50.8 Å². The molecule has 143 valence electrons. The summed E-state index contributed by atoms with van der Waals surface area (Å²) in [5.41, 5.74) is 0. The summed E-state index contributed by atoms with van der Waals surface area (Å²) in [7, 11) is 8.25. The van der Waals surface area contributed by atoms with Gasteiger partial charge in [0.25, 0.3) is 10.1 Å². The number of hydrogen-bond acceptors (Lipinski definition) is 5. The van der Waals surface area contributed by atoms with E-state index in [1.54, 1.807) is 12.5 Å². The summed E-state index contributed by atoms with van der Waals surface area (Å²) in [5.74, 6) is -0.108. The molecule has 0 unspecified atom stereocenters. The second kappa shape index (κ2) is 15.9. The first-order chi connectivity index (χ1) is 10.2. The van der Waals surface area contributed by atoms with Crippen LogP contribution in [0.5, 0.6) is 0 Å². The number of rotatable bonds is 3. The zero-order valence-electron chi connectivity index (χ0n) is 12.0. The molecule has 0 fully saturated rings. The average molecular weight is 481 g/mol. The van der Waals surface area contributed by atoms with Crippen LogP contribution in [0.3, 0.4) is 0 Å². The van der Waals surface area contributed by atoms with E-state index in [4.69, 9.17) is 52.4 Å². The zero-order valence-corrected chi connectivity index (χ0v) is 17.0. The number of unbranched alkanes of at least 4 members (excludes halogenated alkanes) is 1. The molecule has 0 aliphatic heterocycles. The molecule has 1 aromatic heterocycles. The van der Waals surface area contributed by atoms with Crippen LogP contribution >= 0.6 is 30.3 Å². The molecule has 0 aliphatic rings. The second-order valence-electron chi connectivity index (χ2n) is 3.47. The quantitative estimate of drug-likeness (QED) is 0.442. The topological polar surface area (TPSA) is 147 Å². The monoisotopic (exact) mass is 479 g/mol. The normalized spacial score (nSPS) is 10.9. The fraction of sp³-hybridized carbons (Fsp3) is 0.625. The fourth-order valence-corrected chi connectivity index (χ4v) is 1.31. The first-order valence-electron chi connectivity index (χ1n) is 5.42. The first-order valence-corrected chi connectivity index (χ1v) is 13.0. The van der Waals surface area contributed by atoms with Gasteiger partial charge in [-0.3, -0.25) is 13.7 Å². The van der Waals surface area contributed by atoms with Crippen LogP contribution in [0.2, 0.25) is 0 Å². The van der Waals surface area contributed by atoms with E-state index in [1.165, 1.54) is 0 Å². The van der Waals surface area contributed by atoms with Gasteiger partial charge in [-0.05, 0) is 6.42 Å². The number of nitrogens with zero attached hydrogens (tertiary/aromatic N) is 2. The Hall–Kier alpha value is 0.379. The van der Waals surface area contributed by atoms with Gasteiger partial charge in [0, 0.05) is 19.4 Å². The first kappa shape index (κ1) is 28.2. The van der Waals surface area contributed by atoms with E-state index < -0.39 is 31.7 Å². The molecule has 1 rings (SSSR count). The van der Waals surface area contributed by atoms with E-state index in [0.717, 1.165) is 6.42 Å². The number of halogens is 3. The molecule has 0 radical (unpaired) electrons. The van der Waals surface area contributed by atoms with Gasteiger partial charge in [-0.25, -0.2) is 4.98 Å². The van der Waals surface area contributed by atoms with Crippen molar-refractivity contribution in [2.45, 2.75) is 19.8 Å². The number of hydrogen-bond donors (Lipinski definition) is 3. The Morgan fingerprint density at radius 1 is 1.13 bits per heavy atom. The maximum atomic E-state index is 9.95. The molecule has 0 saturated heterocycles. The van der Waals surface area contributed by atoms with Crippen LogP contribution in [0.25, 0.3) is 0 Å². The Morgan fingerprint density at radius 3 is 1.61 bits per heavy atom. The molecule has 0 aliphatic carbocycles. The fourth-order valence-electron chi connectivity index (χ4n) is 0.653. The maximum absolute atomic E-state index is 9.95. The van der Waals surface area contributed by atoms with Crippen LogP contribution < -0.4 is 0 Å². The summed E-state index contributed by atoms with van der Waals surface area (Å²) < 4.78 is 61.5. The molecular formula is C8H18Cl3FeN2O7S2. The molecule has 15 heteroatoms. The van der Waals surface area contributed by atoms with Crippen molar-refractivity contribution in [1.82, 2.24) is 9.55 Å². The molecule has 0 saturated carbocycles. The molecule has 23 heavy (non-hydrogen) atoms. The summed E-state index contributed by atoms with van der Waals surface area (Å²) in [6, 6.07) is 0. The van der Waals surface area contributed by atoms with Crippen molar-refractivity contribution in [3.63, 3.8) is 0 Å². The van der Waals surface area contributed by atoms with E-state index in [9.17, 15) is 8.42 Å². The van der Waals surface area contributed by atoms with Crippen molar-refractivity contribution in [1.29, 1.82) is 0 Å². The summed E-state index contributed by atoms with van der Waals surface area (Å²) in [6.07, 6.45) is 6.72. The number of aromatic nitrogens is 2. The van der Waals surface area contributed by atoms with Gasteiger partial charge in [-0.1, -0.05) is 13.3 Å². The SMILES string of the molecule is CCCCS(=O)(=O)O.Cn1ccnc1.O=S(=O)(O)O.[Cl][Fe]([Cl])[Cl]. The van der Waals surface area contributed by atoms with Gasteiger partial charge >= 0.3 is 51.9 Å². The molecule has 0 bridgehead atoms. The van der Waals surface area contributed by atoms with Gasteiger partial charge in [0.05, 0.1) is 12.1 Å². The van der Waals surface area contributed by atoms with Gasteiger partial charge in [0.15, 0.2) is 0 Å². The van der Waals surface area contributed by atoms with Gasteiger partial charge < -0.3 is 4.57 Å². The second-order valence-corrected chi connectivity index (χ2v) is 11.4. The summed E-state index contributed by atoms with van der Waals surface area (Å²) in [6.45, 7) is 1.87. The predicted molar refractivity (Wildman–Crippen MR) is 86.3 cm³/mol. The standard InChI is InChI=1S/C4H6N2.C4H10O3S.3ClH.Fe.H2O4S/c1-6-3-2-5-4-6;1-2-3-4-8(5,6)7;;;;;1-5(2,3)4/h2-4H,1H3;2-4H2,1H3,(H,5,6,7);3*1H;;(H2,1,2,3,4)/q;;;;;+3;/p-3. The summed E-state index contributed by atoms with van der Waals surface area (Å²) >= 11 is -1.33. The molecule has 0 spiro atoms. The Bertz CT molecular complexity index is 556. The van der Waals surface area contributed by atoms with Crippen LogP contribution in [0.4, 0.5) is 0 Å². The van der Waals surface area contributed by atoms with Crippen molar-refractivity contribution in [2.75, 3.05) is 5.75 Å². The van der Waals surface area contributed by atoms with E-state index in [0.29, 0.717) is 6.42 Å². The van der Waals surface area contributed by atoms with Gasteiger partial charge in [0.1, 0.15) is 0 Å². The van der Waals surface area contributed by atoms with E-state index >= 15 is 0 Å². The molecule has 3 N–H and O–H groups in total. The molecular weight excluding hydrogens is 462 g/mol. The molecule has 1 heterocycles. The van der Waals surface area contributed by atoms with Crippen LogP contribution in [0.1, 0.15) is 19.8 Å². The molecule has 1 aromatic rings. The predicted octanol–water partition coefficient (Wildman–Crippen LogP) is 2.51. The molecule has 9 nitrogen and oxygen atoms in total.